The number of rotatable bonds is 2. The normalized spacial score (nSPS) is 25.1. The van der Waals surface area contributed by atoms with Gasteiger partial charge in [0.25, 0.3) is 0 Å². The number of amidine groups is 1. The summed E-state index contributed by atoms with van der Waals surface area (Å²) in [6.45, 7) is 0. The summed E-state index contributed by atoms with van der Waals surface area (Å²) >= 11 is 4.77. The number of thioether (sulfide) groups is 1. The van der Waals surface area contributed by atoms with Gasteiger partial charge in [-0.3, -0.25) is 4.79 Å². The first kappa shape index (κ1) is 9.08. The molecule has 0 saturated carbocycles. The van der Waals surface area contributed by atoms with Gasteiger partial charge in [-0.15, -0.1) is 5.10 Å². The van der Waals surface area contributed by atoms with Gasteiger partial charge in [-0.25, -0.2) is 5.01 Å². The van der Waals surface area contributed by atoms with Crippen LogP contribution in [0, 0.1) is 0 Å². The molecule has 0 radical (unpaired) electrons. The standard InChI is InChI=1S/C7H8BrN3OS/c1-10-6(5(12)4-8)9-11-2-3-13-7(10)11/h2-3,7H,4H2,1H3. The zero-order valence-corrected chi connectivity index (χ0v) is 9.38. The Bertz CT molecular complexity index is 304. The monoisotopic (exact) mass is 261 g/mol. The van der Waals surface area contributed by atoms with Crippen LogP contribution in [-0.4, -0.2) is 39.4 Å². The zero-order valence-electron chi connectivity index (χ0n) is 6.98. The first-order chi connectivity index (χ1) is 6.24. The Labute approximate surface area is 88.8 Å². The Hall–Kier alpha value is -0.490. The number of halogens is 1. The van der Waals surface area contributed by atoms with Crippen LogP contribution in [0.3, 0.4) is 0 Å². The van der Waals surface area contributed by atoms with E-state index in [4.69, 9.17) is 0 Å². The van der Waals surface area contributed by atoms with Crippen molar-refractivity contribution in [3.63, 3.8) is 0 Å². The largest absolute Gasteiger partial charge is 0.324 e. The van der Waals surface area contributed by atoms with E-state index in [0.29, 0.717) is 11.2 Å². The van der Waals surface area contributed by atoms with Gasteiger partial charge in [0, 0.05) is 13.2 Å². The third-order valence-corrected chi connectivity index (χ3v) is 3.45. The first-order valence-corrected chi connectivity index (χ1v) is 5.81. The minimum absolute atomic E-state index is 0.0194. The quantitative estimate of drug-likeness (QED) is 0.696. The number of carbonyl (C=O) groups is 1. The summed E-state index contributed by atoms with van der Waals surface area (Å²) in [5.74, 6) is 0.546. The lowest BCUT2D eigenvalue weighted by Crippen LogP contribution is -2.36. The summed E-state index contributed by atoms with van der Waals surface area (Å²) in [6.07, 6.45) is 1.88. The number of nitrogens with zero attached hydrogens (tertiary/aromatic N) is 3. The highest BCUT2D eigenvalue weighted by Gasteiger charge is 2.35. The zero-order chi connectivity index (χ0) is 9.42. The molecule has 0 saturated heterocycles. The highest BCUT2D eigenvalue weighted by Crippen LogP contribution is 2.31. The second-order valence-electron chi connectivity index (χ2n) is 2.72. The van der Waals surface area contributed by atoms with Gasteiger partial charge in [-0.2, -0.15) is 0 Å². The van der Waals surface area contributed by atoms with Crippen LogP contribution in [-0.2, 0) is 4.79 Å². The van der Waals surface area contributed by atoms with Gasteiger partial charge < -0.3 is 4.90 Å². The Kier molecular flexibility index (Phi) is 2.33. The summed E-state index contributed by atoms with van der Waals surface area (Å²) in [5.41, 5.74) is 0.137. The lowest BCUT2D eigenvalue weighted by molar-refractivity contribution is -0.111. The number of Topliss-reactive ketones (excluding diaryl/α,β-unsaturated/α-hetero) is 1. The van der Waals surface area contributed by atoms with Gasteiger partial charge in [-0.05, 0) is 5.41 Å². The number of hydrogen-bond donors (Lipinski definition) is 0. The van der Waals surface area contributed by atoms with E-state index in [-0.39, 0.29) is 11.3 Å². The number of carbonyl (C=O) groups excluding carboxylic acids is 1. The predicted molar refractivity (Wildman–Crippen MR) is 56.4 cm³/mol. The first-order valence-electron chi connectivity index (χ1n) is 3.75. The van der Waals surface area contributed by atoms with Gasteiger partial charge in [0.05, 0.1) is 5.33 Å². The fraction of sp³-hybridized carbons (Fsp3) is 0.429. The Morgan fingerprint density at radius 1 is 1.85 bits per heavy atom. The van der Waals surface area contributed by atoms with E-state index in [1.165, 1.54) is 0 Å². The fourth-order valence-electron chi connectivity index (χ4n) is 1.25. The van der Waals surface area contributed by atoms with Crippen LogP contribution in [0.2, 0.25) is 0 Å². The average molecular weight is 262 g/mol. The van der Waals surface area contributed by atoms with Crippen molar-refractivity contribution in [2.24, 2.45) is 5.10 Å². The Morgan fingerprint density at radius 2 is 2.62 bits per heavy atom. The molecule has 4 nitrogen and oxygen atoms in total. The number of likely N-dealkylation sites (N-methyl/N-ethyl adjacent to an activating group) is 1. The minimum Gasteiger partial charge on any atom is -0.324 e. The van der Waals surface area contributed by atoms with Crippen molar-refractivity contribution < 1.29 is 4.79 Å². The van der Waals surface area contributed by atoms with Crippen LogP contribution in [0.4, 0.5) is 0 Å². The van der Waals surface area contributed by atoms with Crippen molar-refractivity contribution in [3.05, 3.63) is 11.6 Å². The molecule has 2 rings (SSSR count). The van der Waals surface area contributed by atoms with Crippen LogP contribution in [0.25, 0.3) is 0 Å². The number of ketones is 1. The van der Waals surface area contributed by atoms with Crippen LogP contribution in [0.1, 0.15) is 0 Å². The summed E-state index contributed by atoms with van der Waals surface area (Å²) in [6, 6.07) is 0. The van der Waals surface area contributed by atoms with E-state index in [9.17, 15) is 4.79 Å². The van der Waals surface area contributed by atoms with Crippen molar-refractivity contribution in [2.45, 2.75) is 5.50 Å². The molecule has 0 aromatic carbocycles. The lowest BCUT2D eigenvalue weighted by atomic mass is 10.4. The number of alkyl halides is 1. The summed E-state index contributed by atoms with van der Waals surface area (Å²) in [4.78, 5) is 13.3. The molecule has 0 aliphatic carbocycles. The van der Waals surface area contributed by atoms with E-state index in [1.807, 2.05) is 23.6 Å². The fourth-order valence-corrected chi connectivity index (χ4v) is 2.36. The average Bonchev–Trinajstić information content (AvgIpc) is 2.68. The summed E-state index contributed by atoms with van der Waals surface area (Å²) < 4.78 is 0. The smallest absolute Gasteiger partial charge is 0.210 e. The van der Waals surface area contributed by atoms with E-state index < -0.39 is 0 Å². The number of fused-ring (bicyclic) bond motifs is 1. The van der Waals surface area contributed by atoms with E-state index >= 15 is 0 Å². The molecule has 0 aromatic rings. The van der Waals surface area contributed by atoms with Gasteiger partial charge in [0.1, 0.15) is 0 Å². The van der Waals surface area contributed by atoms with Crippen LogP contribution in [0.5, 0.6) is 0 Å². The molecule has 2 aliphatic rings. The molecular formula is C7H8BrN3OS. The number of hydrogen-bond acceptors (Lipinski definition) is 5. The van der Waals surface area contributed by atoms with Gasteiger partial charge in [0.2, 0.25) is 5.78 Å². The molecule has 1 unspecified atom stereocenters. The van der Waals surface area contributed by atoms with Crippen molar-refractivity contribution >= 4 is 39.3 Å². The molecule has 6 heteroatoms. The lowest BCUT2D eigenvalue weighted by Gasteiger charge is -2.20. The molecule has 0 spiro atoms. The summed E-state index contributed by atoms with van der Waals surface area (Å²) in [7, 11) is 1.88. The molecule has 2 aliphatic heterocycles. The molecule has 70 valence electrons. The van der Waals surface area contributed by atoms with Gasteiger partial charge >= 0.3 is 0 Å². The van der Waals surface area contributed by atoms with Crippen molar-refractivity contribution in [1.29, 1.82) is 0 Å². The molecule has 13 heavy (non-hydrogen) atoms. The molecule has 1 atom stereocenters. The van der Waals surface area contributed by atoms with Gasteiger partial charge in [-0.1, -0.05) is 27.7 Å². The van der Waals surface area contributed by atoms with Crippen LogP contribution >= 0.6 is 27.7 Å². The maximum Gasteiger partial charge on any atom is 0.210 e. The Balaban J connectivity index is 2.21. The maximum absolute atomic E-state index is 11.4. The maximum atomic E-state index is 11.4. The van der Waals surface area contributed by atoms with E-state index in [1.54, 1.807) is 16.8 Å². The van der Waals surface area contributed by atoms with E-state index in [2.05, 4.69) is 21.0 Å². The number of hydrazone groups is 1. The molecule has 2 heterocycles. The minimum atomic E-state index is 0.0194. The molecule has 0 fully saturated rings. The SMILES string of the molecule is CN1C(C(=O)CBr)=NN2C=CSC21. The third-order valence-electron chi connectivity index (χ3n) is 1.89. The van der Waals surface area contributed by atoms with Crippen LogP contribution in [0.15, 0.2) is 16.7 Å². The molecule has 0 N–H and O–H groups in total. The topological polar surface area (TPSA) is 35.9 Å². The van der Waals surface area contributed by atoms with Crippen molar-refractivity contribution in [3.8, 4) is 0 Å². The Morgan fingerprint density at radius 3 is 3.23 bits per heavy atom. The molecule has 0 bridgehead atoms. The van der Waals surface area contributed by atoms with Crippen molar-refractivity contribution in [1.82, 2.24) is 9.91 Å². The third kappa shape index (κ3) is 1.38. The highest BCUT2D eigenvalue weighted by molar-refractivity contribution is 9.09. The highest BCUT2D eigenvalue weighted by atomic mass is 79.9. The second kappa shape index (κ2) is 3.34. The predicted octanol–water partition coefficient (Wildman–Crippen LogP) is 1.01. The second-order valence-corrected chi connectivity index (χ2v) is 4.25. The van der Waals surface area contributed by atoms with Crippen LogP contribution < -0.4 is 0 Å². The van der Waals surface area contributed by atoms with Crippen molar-refractivity contribution in [2.75, 3.05) is 12.4 Å². The molecule has 0 aromatic heterocycles. The molecular weight excluding hydrogens is 254 g/mol. The molecule has 0 amide bonds. The van der Waals surface area contributed by atoms with Gasteiger partial charge in [0.15, 0.2) is 11.3 Å². The summed E-state index contributed by atoms with van der Waals surface area (Å²) in [5, 5.41) is 8.28. The van der Waals surface area contributed by atoms with E-state index in [0.717, 1.165) is 0 Å².